The number of ketones is 1. The number of benzene rings is 2. The van der Waals surface area contributed by atoms with Gasteiger partial charge in [-0.05, 0) is 35.6 Å². The number of imidazole rings is 1. The molecule has 0 aliphatic heterocycles. The summed E-state index contributed by atoms with van der Waals surface area (Å²) in [7, 11) is 0. The number of nitrogens with zero attached hydrogens (tertiary/aromatic N) is 1. The Morgan fingerprint density at radius 2 is 1.91 bits per heavy atom. The third-order valence-corrected chi connectivity index (χ3v) is 6.17. The molecule has 0 fully saturated rings. The maximum atomic E-state index is 13.4. The largest absolute Gasteiger partial charge is 0.455 e. The fraction of sp³-hybridized carbons (Fsp3) is 0.269. The molecule has 2 N–H and O–H groups in total. The number of Topliss-reactive ketones (excluding diaryl/α,β-unsaturated/α-hetero) is 1. The Kier molecular flexibility index (Phi) is 4.73. The molecule has 1 aliphatic rings. The van der Waals surface area contributed by atoms with E-state index in [9.17, 15) is 9.59 Å². The number of carbonyl (C=O) groups excluding carboxylic acids is 2. The molecule has 2 heterocycles. The van der Waals surface area contributed by atoms with E-state index >= 15 is 0 Å². The molecule has 32 heavy (non-hydrogen) atoms. The molecule has 4 aromatic rings. The van der Waals surface area contributed by atoms with Crippen molar-refractivity contribution in [2.45, 2.75) is 39.7 Å². The Labute approximate surface area is 186 Å². The number of aromatic amines is 1. The Morgan fingerprint density at radius 3 is 2.69 bits per heavy atom. The zero-order valence-corrected chi connectivity index (χ0v) is 18.4. The number of furan rings is 1. The molecule has 1 atom stereocenters. The Bertz CT molecular complexity index is 1330. The van der Waals surface area contributed by atoms with Gasteiger partial charge in [-0.25, -0.2) is 4.98 Å². The van der Waals surface area contributed by atoms with E-state index in [-0.39, 0.29) is 28.9 Å². The summed E-state index contributed by atoms with van der Waals surface area (Å²) in [6.45, 7) is 5.88. The fourth-order valence-corrected chi connectivity index (χ4v) is 4.63. The topological polar surface area (TPSA) is 88.0 Å². The van der Waals surface area contributed by atoms with E-state index in [0.29, 0.717) is 29.7 Å². The quantitative estimate of drug-likeness (QED) is 0.472. The van der Waals surface area contributed by atoms with E-state index in [1.807, 2.05) is 62.4 Å². The minimum Gasteiger partial charge on any atom is -0.455 e. The van der Waals surface area contributed by atoms with Crippen LogP contribution in [0.1, 0.15) is 69.7 Å². The standard InChI is InChI=1S/C26H25N3O3/c1-15-22-20(30)12-26(2,3)13-21(22)32-24(15)25(31)29-23(16-7-5-4-6-8-16)17-9-10-18-19(11-17)28-14-27-18/h4-11,14,23H,12-13H2,1-3H3,(H,27,28)(H,29,31). The van der Waals surface area contributed by atoms with Gasteiger partial charge in [0.15, 0.2) is 11.5 Å². The van der Waals surface area contributed by atoms with Crippen LogP contribution in [-0.2, 0) is 6.42 Å². The lowest BCUT2D eigenvalue weighted by Crippen LogP contribution is -2.29. The van der Waals surface area contributed by atoms with Gasteiger partial charge < -0.3 is 14.7 Å². The molecule has 1 amide bonds. The van der Waals surface area contributed by atoms with Crippen molar-refractivity contribution < 1.29 is 14.0 Å². The maximum Gasteiger partial charge on any atom is 0.288 e. The molecule has 6 nitrogen and oxygen atoms in total. The molecule has 2 aromatic heterocycles. The van der Waals surface area contributed by atoms with Crippen LogP contribution in [0.15, 0.2) is 59.3 Å². The molecule has 5 rings (SSSR count). The maximum absolute atomic E-state index is 13.4. The number of aromatic nitrogens is 2. The zero-order chi connectivity index (χ0) is 22.5. The highest BCUT2D eigenvalue weighted by molar-refractivity contribution is 6.04. The van der Waals surface area contributed by atoms with E-state index < -0.39 is 0 Å². The highest BCUT2D eigenvalue weighted by Gasteiger charge is 2.37. The first-order valence-electron chi connectivity index (χ1n) is 10.8. The van der Waals surface area contributed by atoms with E-state index in [1.54, 1.807) is 13.3 Å². The summed E-state index contributed by atoms with van der Waals surface area (Å²) >= 11 is 0. The number of nitrogens with one attached hydrogen (secondary N) is 2. The van der Waals surface area contributed by atoms with Crippen molar-refractivity contribution >= 4 is 22.7 Å². The number of hydrogen-bond acceptors (Lipinski definition) is 4. The van der Waals surface area contributed by atoms with E-state index in [2.05, 4.69) is 15.3 Å². The second-order valence-electron chi connectivity index (χ2n) is 9.29. The molecular formula is C26H25N3O3. The summed E-state index contributed by atoms with van der Waals surface area (Å²) < 4.78 is 5.99. The van der Waals surface area contributed by atoms with E-state index in [4.69, 9.17) is 4.42 Å². The molecule has 0 spiro atoms. The molecule has 0 saturated carbocycles. The van der Waals surface area contributed by atoms with Crippen molar-refractivity contribution in [3.63, 3.8) is 0 Å². The van der Waals surface area contributed by atoms with Crippen LogP contribution in [0, 0.1) is 12.3 Å². The van der Waals surface area contributed by atoms with Gasteiger partial charge in [-0.1, -0.05) is 50.2 Å². The molecule has 2 aromatic carbocycles. The minimum atomic E-state index is -0.384. The van der Waals surface area contributed by atoms with Crippen LogP contribution in [0.5, 0.6) is 0 Å². The molecule has 0 saturated heterocycles. The van der Waals surface area contributed by atoms with Gasteiger partial charge in [0.05, 0.1) is 29.0 Å². The van der Waals surface area contributed by atoms with Gasteiger partial charge in [0, 0.05) is 18.4 Å². The van der Waals surface area contributed by atoms with Crippen LogP contribution in [0.2, 0.25) is 0 Å². The number of fused-ring (bicyclic) bond motifs is 2. The van der Waals surface area contributed by atoms with Crippen molar-refractivity contribution in [1.29, 1.82) is 0 Å². The molecule has 1 unspecified atom stereocenters. The van der Waals surface area contributed by atoms with E-state index in [0.717, 1.165) is 22.2 Å². The summed E-state index contributed by atoms with van der Waals surface area (Å²) in [6.07, 6.45) is 2.75. The summed E-state index contributed by atoms with van der Waals surface area (Å²) in [4.78, 5) is 33.5. The van der Waals surface area contributed by atoms with Gasteiger partial charge in [0.25, 0.3) is 5.91 Å². The minimum absolute atomic E-state index is 0.0425. The first-order valence-corrected chi connectivity index (χ1v) is 10.8. The highest BCUT2D eigenvalue weighted by Crippen LogP contribution is 2.38. The van der Waals surface area contributed by atoms with Crippen molar-refractivity contribution in [2.75, 3.05) is 0 Å². The molecule has 162 valence electrons. The third kappa shape index (κ3) is 3.51. The van der Waals surface area contributed by atoms with Crippen molar-refractivity contribution in [3.8, 4) is 0 Å². The van der Waals surface area contributed by atoms with Gasteiger partial charge in [0.1, 0.15) is 5.76 Å². The predicted molar refractivity (Wildman–Crippen MR) is 122 cm³/mol. The second kappa shape index (κ2) is 7.48. The average Bonchev–Trinajstić information content (AvgIpc) is 3.35. The van der Waals surface area contributed by atoms with Crippen LogP contribution in [0.25, 0.3) is 11.0 Å². The number of hydrogen-bond donors (Lipinski definition) is 2. The number of H-pyrrole nitrogens is 1. The second-order valence-corrected chi connectivity index (χ2v) is 9.29. The highest BCUT2D eigenvalue weighted by atomic mass is 16.4. The van der Waals surface area contributed by atoms with Crippen molar-refractivity contribution in [1.82, 2.24) is 15.3 Å². The van der Waals surface area contributed by atoms with Crippen LogP contribution in [0.4, 0.5) is 0 Å². The normalized spacial score (nSPS) is 16.0. The molecule has 0 radical (unpaired) electrons. The first kappa shape index (κ1) is 20.2. The summed E-state index contributed by atoms with van der Waals surface area (Å²) in [5.41, 5.74) is 4.66. The lowest BCUT2D eigenvalue weighted by atomic mass is 9.76. The van der Waals surface area contributed by atoms with Crippen LogP contribution in [-0.4, -0.2) is 21.7 Å². The van der Waals surface area contributed by atoms with E-state index in [1.165, 1.54) is 0 Å². The van der Waals surface area contributed by atoms with Gasteiger partial charge >= 0.3 is 0 Å². The van der Waals surface area contributed by atoms with Gasteiger partial charge in [0.2, 0.25) is 0 Å². The number of amides is 1. The van der Waals surface area contributed by atoms with Gasteiger partial charge in [-0.15, -0.1) is 0 Å². The van der Waals surface area contributed by atoms with Gasteiger partial charge in [-0.3, -0.25) is 9.59 Å². The smallest absolute Gasteiger partial charge is 0.288 e. The fourth-order valence-electron chi connectivity index (χ4n) is 4.63. The van der Waals surface area contributed by atoms with Gasteiger partial charge in [-0.2, -0.15) is 0 Å². The monoisotopic (exact) mass is 427 g/mol. The molecule has 1 aliphatic carbocycles. The van der Waals surface area contributed by atoms with Crippen LogP contribution in [0.3, 0.4) is 0 Å². The van der Waals surface area contributed by atoms with Crippen molar-refractivity contribution in [2.24, 2.45) is 5.41 Å². The Balaban J connectivity index is 1.52. The lowest BCUT2D eigenvalue weighted by Gasteiger charge is -2.27. The van der Waals surface area contributed by atoms with Crippen molar-refractivity contribution in [3.05, 3.63) is 88.6 Å². The summed E-state index contributed by atoms with van der Waals surface area (Å²) in [6, 6.07) is 15.3. The summed E-state index contributed by atoms with van der Waals surface area (Å²) in [5, 5.41) is 3.13. The molecule has 6 heteroatoms. The SMILES string of the molecule is Cc1c(C(=O)NC(c2ccccc2)c2ccc3nc[nH]c3c2)oc2c1C(=O)CC(C)(C)C2. The third-order valence-electron chi connectivity index (χ3n) is 6.17. The first-order chi connectivity index (χ1) is 15.3. The van der Waals surface area contributed by atoms with Crippen LogP contribution < -0.4 is 5.32 Å². The Morgan fingerprint density at radius 1 is 1.12 bits per heavy atom. The predicted octanol–water partition coefficient (Wildman–Crippen LogP) is 5.14. The summed E-state index contributed by atoms with van der Waals surface area (Å²) in [5.74, 6) is 0.538. The zero-order valence-electron chi connectivity index (χ0n) is 18.4. The molecular weight excluding hydrogens is 402 g/mol. The lowest BCUT2D eigenvalue weighted by molar-refractivity contribution is 0.0885. The van der Waals surface area contributed by atoms with Crippen LogP contribution >= 0.6 is 0 Å². The number of rotatable bonds is 4. The number of carbonyl (C=O) groups is 2. The Hall–Kier alpha value is -3.67. The average molecular weight is 428 g/mol. The molecule has 0 bridgehead atoms.